The molecular weight excluding hydrogens is 308 g/mol. The topological polar surface area (TPSA) is 78.2 Å². The van der Waals surface area contributed by atoms with E-state index < -0.39 is 5.69 Å². The highest BCUT2D eigenvalue weighted by Crippen LogP contribution is 2.23. The minimum absolute atomic E-state index is 0.346. The molecule has 0 radical (unpaired) electrons. The minimum Gasteiger partial charge on any atom is -0.494 e. The van der Waals surface area contributed by atoms with Crippen LogP contribution >= 0.6 is 0 Å². The minimum atomic E-state index is -0.404. The van der Waals surface area contributed by atoms with Gasteiger partial charge in [-0.1, -0.05) is 0 Å². The van der Waals surface area contributed by atoms with Crippen molar-refractivity contribution in [3.8, 4) is 5.75 Å². The number of nitrogens with one attached hydrogen (secondary N) is 1. The molecule has 0 aliphatic carbocycles. The van der Waals surface area contributed by atoms with Crippen LogP contribution in [0.15, 0.2) is 46.1 Å². The third-order valence-corrected chi connectivity index (χ3v) is 3.79. The largest absolute Gasteiger partial charge is 0.494 e. The van der Waals surface area contributed by atoms with E-state index in [1.54, 1.807) is 19.3 Å². The molecule has 0 amide bonds. The van der Waals surface area contributed by atoms with E-state index in [-0.39, 0.29) is 5.56 Å². The number of fused-ring (bicyclic) bond motifs is 1. The number of aryl methyl sites for hydroxylation is 1. The Morgan fingerprint density at radius 1 is 1.08 bits per heavy atom. The molecular formula is C17H18N4O3. The molecule has 24 heavy (non-hydrogen) atoms. The van der Waals surface area contributed by atoms with E-state index in [0.717, 1.165) is 16.0 Å². The van der Waals surface area contributed by atoms with Crippen molar-refractivity contribution in [2.24, 2.45) is 14.1 Å². The molecule has 2 aromatic heterocycles. The Bertz CT molecular complexity index is 1000. The van der Waals surface area contributed by atoms with Gasteiger partial charge in [-0.2, -0.15) is 0 Å². The smallest absolute Gasteiger partial charge is 0.332 e. The SMILES string of the molecule is CCOc1ccc(Nc2ccnc3c2c(=O)n(C)c(=O)n3C)cc1. The lowest BCUT2D eigenvalue weighted by Crippen LogP contribution is -2.37. The fraction of sp³-hybridized carbons (Fsp3) is 0.235. The molecule has 7 heteroatoms. The van der Waals surface area contributed by atoms with Crippen molar-refractivity contribution < 1.29 is 4.74 Å². The van der Waals surface area contributed by atoms with Crippen molar-refractivity contribution in [2.75, 3.05) is 11.9 Å². The van der Waals surface area contributed by atoms with Gasteiger partial charge in [-0.3, -0.25) is 13.9 Å². The predicted octanol–water partition coefficient (Wildman–Crippen LogP) is 1.77. The lowest BCUT2D eigenvalue weighted by Gasteiger charge is -2.12. The molecule has 0 saturated heterocycles. The number of rotatable bonds is 4. The molecule has 0 atom stereocenters. The summed E-state index contributed by atoms with van der Waals surface area (Å²) in [6.45, 7) is 2.53. The zero-order chi connectivity index (χ0) is 17.3. The van der Waals surface area contributed by atoms with Crippen LogP contribution in [0.3, 0.4) is 0 Å². The molecule has 0 unspecified atom stereocenters. The Morgan fingerprint density at radius 2 is 1.79 bits per heavy atom. The number of nitrogens with zero attached hydrogens (tertiary/aromatic N) is 3. The van der Waals surface area contributed by atoms with Gasteiger partial charge in [-0.15, -0.1) is 0 Å². The molecule has 1 N–H and O–H groups in total. The van der Waals surface area contributed by atoms with Crippen LogP contribution in [-0.4, -0.2) is 20.7 Å². The van der Waals surface area contributed by atoms with Gasteiger partial charge in [0.25, 0.3) is 5.56 Å². The van der Waals surface area contributed by atoms with Crippen molar-refractivity contribution in [2.45, 2.75) is 6.92 Å². The number of ether oxygens (including phenoxy) is 1. The maximum atomic E-state index is 12.5. The number of pyridine rings is 1. The zero-order valence-electron chi connectivity index (χ0n) is 13.7. The van der Waals surface area contributed by atoms with E-state index in [1.165, 1.54) is 11.6 Å². The summed E-state index contributed by atoms with van der Waals surface area (Å²) in [5, 5.41) is 3.58. The summed E-state index contributed by atoms with van der Waals surface area (Å²) in [5.41, 5.74) is 0.967. The van der Waals surface area contributed by atoms with Crippen molar-refractivity contribution >= 4 is 22.4 Å². The number of hydrogen-bond acceptors (Lipinski definition) is 5. The average molecular weight is 326 g/mol. The molecule has 3 rings (SSSR count). The van der Waals surface area contributed by atoms with E-state index in [4.69, 9.17) is 4.74 Å². The Morgan fingerprint density at radius 3 is 2.46 bits per heavy atom. The summed E-state index contributed by atoms with van der Waals surface area (Å²) in [6.07, 6.45) is 1.57. The standard InChI is InChI=1S/C17H18N4O3/c1-4-24-12-7-5-11(6-8-12)19-13-9-10-18-15-14(13)16(22)21(3)17(23)20(15)2/h5-10H,4H2,1-3H3,(H,18,19). The van der Waals surface area contributed by atoms with Gasteiger partial charge >= 0.3 is 5.69 Å². The second kappa shape index (κ2) is 6.19. The maximum absolute atomic E-state index is 12.5. The molecule has 3 aromatic rings. The van der Waals surface area contributed by atoms with Crippen LogP contribution in [0.1, 0.15) is 6.92 Å². The first kappa shape index (κ1) is 15.8. The van der Waals surface area contributed by atoms with Crippen molar-refractivity contribution in [3.63, 3.8) is 0 Å². The quantitative estimate of drug-likeness (QED) is 0.790. The number of hydrogen-bond donors (Lipinski definition) is 1. The maximum Gasteiger partial charge on any atom is 0.332 e. The lowest BCUT2D eigenvalue weighted by molar-refractivity contribution is 0.340. The number of aromatic nitrogens is 3. The first-order valence-electron chi connectivity index (χ1n) is 7.57. The molecule has 0 fully saturated rings. The third-order valence-electron chi connectivity index (χ3n) is 3.79. The normalized spacial score (nSPS) is 10.8. The number of anilines is 2. The average Bonchev–Trinajstić information content (AvgIpc) is 2.60. The van der Waals surface area contributed by atoms with E-state index in [0.29, 0.717) is 23.3 Å². The van der Waals surface area contributed by atoms with E-state index in [1.807, 2.05) is 31.2 Å². The van der Waals surface area contributed by atoms with E-state index in [9.17, 15) is 9.59 Å². The molecule has 0 aliphatic heterocycles. The highest BCUT2D eigenvalue weighted by Gasteiger charge is 2.13. The second-order valence-corrected chi connectivity index (χ2v) is 5.35. The Hall–Kier alpha value is -3.09. The van der Waals surface area contributed by atoms with Gasteiger partial charge in [0.1, 0.15) is 11.1 Å². The van der Waals surface area contributed by atoms with Crippen LogP contribution in [0.4, 0.5) is 11.4 Å². The molecule has 1 aromatic carbocycles. The van der Waals surface area contributed by atoms with Gasteiger partial charge in [0.2, 0.25) is 0 Å². The molecule has 124 valence electrons. The Labute approximate surface area is 138 Å². The fourth-order valence-corrected chi connectivity index (χ4v) is 2.55. The second-order valence-electron chi connectivity index (χ2n) is 5.35. The van der Waals surface area contributed by atoms with Gasteiger partial charge in [0.05, 0.1) is 12.3 Å². The van der Waals surface area contributed by atoms with Crippen LogP contribution in [-0.2, 0) is 14.1 Å². The molecule has 2 heterocycles. The summed E-state index contributed by atoms with van der Waals surface area (Å²) in [5.74, 6) is 0.779. The van der Waals surface area contributed by atoms with Crippen LogP contribution in [0, 0.1) is 0 Å². The summed E-state index contributed by atoms with van der Waals surface area (Å²) >= 11 is 0. The summed E-state index contributed by atoms with van der Waals surface area (Å²) < 4.78 is 7.85. The summed E-state index contributed by atoms with van der Waals surface area (Å²) in [4.78, 5) is 28.7. The van der Waals surface area contributed by atoms with Gasteiger partial charge in [-0.05, 0) is 37.3 Å². The lowest BCUT2D eigenvalue weighted by atomic mass is 10.2. The van der Waals surface area contributed by atoms with Crippen molar-refractivity contribution in [1.82, 2.24) is 14.1 Å². The summed E-state index contributed by atoms with van der Waals surface area (Å²) in [6, 6.07) is 9.14. The van der Waals surface area contributed by atoms with E-state index >= 15 is 0 Å². The molecule has 7 nitrogen and oxygen atoms in total. The zero-order valence-corrected chi connectivity index (χ0v) is 13.7. The first-order chi connectivity index (χ1) is 11.5. The van der Waals surface area contributed by atoms with Crippen LogP contribution < -0.4 is 21.3 Å². The number of benzene rings is 1. The Balaban J connectivity index is 2.10. The fourth-order valence-electron chi connectivity index (χ4n) is 2.55. The van der Waals surface area contributed by atoms with Gasteiger partial charge < -0.3 is 10.1 Å². The summed E-state index contributed by atoms with van der Waals surface area (Å²) in [7, 11) is 3.05. The van der Waals surface area contributed by atoms with Crippen LogP contribution in [0.5, 0.6) is 5.75 Å². The molecule has 0 bridgehead atoms. The highest BCUT2D eigenvalue weighted by atomic mass is 16.5. The molecule has 0 aliphatic rings. The monoisotopic (exact) mass is 326 g/mol. The molecule has 0 spiro atoms. The van der Waals surface area contributed by atoms with Crippen molar-refractivity contribution in [1.29, 1.82) is 0 Å². The first-order valence-corrected chi connectivity index (χ1v) is 7.57. The van der Waals surface area contributed by atoms with Gasteiger partial charge in [0, 0.05) is 26.0 Å². The highest BCUT2D eigenvalue weighted by molar-refractivity contribution is 5.90. The van der Waals surface area contributed by atoms with Crippen LogP contribution in [0.25, 0.3) is 11.0 Å². The van der Waals surface area contributed by atoms with Gasteiger partial charge in [0.15, 0.2) is 5.65 Å². The predicted molar refractivity (Wildman–Crippen MR) is 93.1 cm³/mol. The van der Waals surface area contributed by atoms with Crippen LogP contribution in [0.2, 0.25) is 0 Å². The molecule has 0 saturated carbocycles. The third kappa shape index (κ3) is 2.64. The van der Waals surface area contributed by atoms with Gasteiger partial charge in [-0.25, -0.2) is 9.78 Å². The van der Waals surface area contributed by atoms with E-state index in [2.05, 4.69) is 10.3 Å². The van der Waals surface area contributed by atoms with Crippen molar-refractivity contribution in [3.05, 3.63) is 57.4 Å². The Kier molecular flexibility index (Phi) is 4.07.